The van der Waals surface area contributed by atoms with Crippen LogP contribution in [0.15, 0.2) is 0 Å². The zero-order valence-corrected chi connectivity index (χ0v) is 5.29. The maximum Gasteiger partial charge on any atom is 0.0836 e. The molecule has 1 N–H and O–H groups in total. The number of ether oxygens (including phenoxy) is 1. The molecule has 8 heavy (non-hydrogen) atoms. The summed E-state index contributed by atoms with van der Waals surface area (Å²) in [5.41, 5.74) is 0. The molecular formula is C6H12O2. The highest BCUT2D eigenvalue weighted by molar-refractivity contribution is 4.86. The Bertz CT molecular complexity index is 82.6. The van der Waals surface area contributed by atoms with Crippen LogP contribution in [0, 0.1) is 5.92 Å². The van der Waals surface area contributed by atoms with E-state index in [4.69, 9.17) is 9.84 Å². The quantitative estimate of drug-likeness (QED) is 0.537. The fraction of sp³-hybridized carbons (Fsp3) is 1.00. The number of aliphatic hydroxyl groups is 1. The molecule has 2 nitrogen and oxygen atoms in total. The van der Waals surface area contributed by atoms with Crippen molar-refractivity contribution in [1.29, 1.82) is 0 Å². The van der Waals surface area contributed by atoms with Crippen molar-refractivity contribution in [3.8, 4) is 0 Å². The molecule has 1 aliphatic rings. The van der Waals surface area contributed by atoms with Gasteiger partial charge in [-0.1, -0.05) is 6.92 Å². The first kappa shape index (κ1) is 6.05. The Hall–Kier alpha value is -0.0800. The van der Waals surface area contributed by atoms with Crippen LogP contribution in [0.3, 0.4) is 0 Å². The van der Waals surface area contributed by atoms with Crippen molar-refractivity contribution >= 4 is 0 Å². The lowest BCUT2D eigenvalue weighted by Gasteiger charge is -2.37. The molecule has 2 heteroatoms. The highest BCUT2D eigenvalue weighted by Gasteiger charge is 2.36. The average Bonchev–Trinajstić information content (AvgIpc) is 1.81. The van der Waals surface area contributed by atoms with Gasteiger partial charge in [-0.25, -0.2) is 0 Å². The van der Waals surface area contributed by atoms with Crippen molar-refractivity contribution in [3.05, 3.63) is 0 Å². The summed E-state index contributed by atoms with van der Waals surface area (Å²) in [5.74, 6) is 0.444. The van der Waals surface area contributed by atoms with E-state index in [0.717, 1.165) is 6.42 Å². The molecule has 1 saturated carbocycles. The highest BCUT2D eigenvalue weighted by Crippen LogP contribution is 2.28. The monoisotopic (exact) mass is 116 g/mol. The molecule has 0 radical (unpaired) electrons. The van der Waals surface area contributed by atoms with Crippen molar-refractivity contribution < 1.29 is 9.84 Å². The van der Waals surface area contributed by atoms with E-state index >= 15 is 0 Å². The average molecular weight is 116 g/mol. The van der Waals surface area contributed by atoms with Crippen molar-refractivity contribution in [2.24, 2.45) is 5.92 Å². The standard InChI is InChI=1S/C6H12O2/c1-4-3-5(8-2)6(4)7/h4-7H,3H2,1-2H3. The molecule has 0 aliphatic heterocycles. The van der Waals surface area contributed by atoms with Gasteiger partial charge in [0.25, 0.3) is 0 Å². The molecule has 0 bridgehead atoms. The Labute approximate surface area is 49.5 Å². The van der Waals surface area contributed by atoms with E-state index in [-0.39, 0.29) is 12.2 Å². The van der Waals surface area contributed by atoms with Gasteiger partial charge in [-0.15, -0.1) is 0 Å². The van der Waals surface area contributed by atoms with Crippen molar-refractivity contribution in [1.82, 2.24) is 0 Å². The maximum absolute atomic E-state index is 9.05. The fourth-order valence-electron chi connectivity index (χ4n) is 1.05. The largest absolute Gasteiger partial charge is 0.390 e. The first-order chi connectivity index (χ1) is 3.75. The van der Waals surface area contributed by atoms with E-state index in [1.807, 2.05) is 6.92 Å². The van der Waals surface area contributed by atoms with E-state index in [1.165, 1.54) is 0 Å². The zero-order valence-electron chi connectivity index (χ0n) is 5.29. The van der Waals surface area contributed by atoms with Crippen molar-refractivity contribution in [3.63, 3.8) is 0 Å². The lowest BCUT2D eigenvalue weighted by atomic mass is 9.80. The summed E-state index contributed by atoms with van der Waals surface area (Å²) in [7, 11) is 1.64. The Morgan fingerprint density at radius 3 is 2.38 bits per heavy atom. The minimum Gasteiger partial charge on any atom is -0.390 e. The van der Waals surface area contributed by atoms with Crippen LogP contribution >= 0.6 is 0 Å². The predicted molar refractivity (Wildman–Crippen MR) is 30.6 cm³/mol. The van der Waals surface area contributed by atoms with E-state index in [2.05, 4.69) is 0 Å². The summed E-state index contributed by atoms with van der Waals surface area (Å²) in [6.45, 7) is 2.03. The Kier molecular flexibility index (Phi) is 1.54. The van der Waals surface area contributed by atoms with Gasteiger partial charge in [0.1, 0.15) is 0 Å². The third-order valence-electron chi connectivity index (χ3n) is 1.87. The molecule has 0 aromatic heterocycles. The van der Waals surface area contributed by atoms with Gasteiger partial charge in [0.05, 0.1) is 12.2 Å². The van der Waals surface area contributed by atoms with Crippen LogP contribution in [0.2, 0.25) is 0 Å². The smallest absolute Gasteiger partial charge is 0.0836 e. The predicted octanol–water partition coefficient (Wildman–Crippen LogP) is 0.402. The Balaban J connectivity index is 2.25. The zero-order chi connectivity index (χ0) is 6.15. The van der Waals surface area contributed by atoms with E-state index in [1.54, 1.807) is 7.11 Å². The Morgan fingerprint density at radius 2 is 2.25 bits per heavy atom. The number of hydrogen-bond acceptors (Lipinski definition) is 2. The van der Waals surface area contributed by atoms with Gasteiger partial charge in [0.2, 0.25) is 0 Å². The molecule has 3 unspecified atom stereocenters. The molecule has 1 fully saturated rings. The van der Waals surface area contributed by atoms with Crippen molar-refractivity contribution in [2.45, 2.75) is 25.6 Å². The molecular weight excluding hydrogens is 104 g/mol. The molecule has 1 rings (SSSR count). The summed E-state index contributed by atoms with van der Waals surface area (Å²) in [6.07, 6.45) is 0.919. The summed E-state index contributed by atoms with van der Waals surface area (Å²) in [4.78, 5) is 0. The van der Waals surface area contributed by atoms with Crippen LogP contribution in [0.4, 0.5) is 0 Å². The third-order valence-corrected chi connectivity index (χ3v) is 1.87. The summed E-state index contributed by atoms with van der Waals surface area (Å²) in [6, 6.07) is 0. The van der Waals surface area contributed by atoms with Crippen LogP contribution in [-0.4, -0.2) is 24.4 Å². The first-order valence-electron chi connectivity index (χ1n) is 2.96. The van der Waals surface area contributed by atoms with Gasteiger partial charge in [-0.2, -0.15) is 0 Å². The molecule has 3 atom stereocenters. The van der Waals surface area contributed by atoms with Crippen molar-refractivity contribution in [2.75, 3.05) is 7.11 Å². The summed E-state index contributed by atoms with van der Waals surface area (Å²) in [5, 5.41) is 9.05. The molecule has 0 spiro atoms. The number of rotatable bonds is 1. The van der Waals surface area contributed by atoms with E-state index < -0.39 is 0 Å². The van der Waals surface area contributed by atoms with Gasteiger partial charge < -0.3 is 9.84 Å². The highest BCUT2D eigenvalue weighted by atomic mass is 16.5. The van der Waals surface area contributed by atoms with Gasteiger partial charge >= 0.3 is 0 Å². The number of hydrogen-bond donors (Lipinski definition) is 1. The van der Waals surface area contributed by atoms with Crippen LogP contribution in [0.1, 0.15) is 13.3 Å². The topological polar surface area (TPSA) is 29.5 Å². The number of aliphatic hydroxyl groups excluding tert-OH is 1. The molecule has 1 aliphatic carbocycles. The van der Waals surface area contributed by atoms with Crippen LogP contribution in [0.5, 0.6) is 0 Å². The van der Waals surface area contributed by atoms with Crippen LogP contribution < -0.4 is 0 Å². The number of methoxy groups -OCH3 is 1. The minimum absolute atomic E-state index is 0.116. The summed E-state index contributed by atoms with van der Waals surface area (Å²) < 4.78 is 4.92. The third kappa shape index (κ3) is 0.740. The van der Waals surface area contributed by atoms with E-state index in [0.29, 0.717) is 5.92 Å². The normalized spacial score (nSPS) is 46.1. The molecule has 48 valence electrons. The molecule has 0 aromatic carbocycles. The van der Waals surface area contributed by atoms with E-state index in [9.17, 15) is 0 Å². The van der Waals surface area contributed by atoms with Gasteiger partial charge in [0.15, 0.2) is 0 Å². The molecule has 0 aromatic rings. The molecule has 0 amide bonds. The van der Waals surface area contributed by atoms with Crippen LogP contribution in [-0.2, 0) is 4.74 Å². The lowest BCUT2D eigenvalue weighted by molar-refractivity contribution is -0.114. The van der Waals surface area contributed by atoms with Gasteiger partial charge in [-0.3, -0.25) is 0 Å². The molecule has 0 heterocycles. The maximum atomic E-state index is 9.05. The summed E-state index contributed by atoms with van der Waals surface area (Å²) >= 11 is 0. The second kappa shape index (κ2) is 2.03. The Morgan fingerprint density at radius 1 is 1.62 bits per heavy atom. The molecule has 0 saturated heterocycles. The first-order valence-corrected chi connectivity index (χ1v) is 2.96. The fourth-order valence-corrected chi connectivity index (χ4v) is 1.05. The minimum atomic E-state index is -0.208. The lowest BCUT2D eigenvalue weighted by Crippen LogP contribution is -2.45. The second-order valence-corrected chi connectivity index (χ2v) is 2.48. The van der Waals surface area contributed by atoms with Crippen LogP contribution in [0.25, 0.3) is 0 Å². The second-order valence-electron chi connectivity index (χ2n) is 2.48. The SMILES string of the molecule is COC1CC(C)C1O. The van der Waals surface area contributed by atoms with Gasteiger partial charge in [-0.05, 0) is 12.3 Å². The van der Waals surface area contributed by atoms with Gasteiger partial charge in [0, 0.05) is 7.11 Å².